The van der Waals surface area contributed by atoms with E-state index < -0.39 is 5.97 Å². The SMILES string of the molecule is O=C(OCc1ccccc1Cl)c1snnc1-c1ccccc1. The molecule has 0 atom stereocenters. The van der Waals surface area contributed by atoms with Crippen molar-refractivity contribution in [2.24, 2.45) is 0 Å². The van der Waals surface area contributed by atoms with Crippen LogP contribution in [-0.4, -0.2) is 15.6 Å². The third kappa shape index (κ3) is 3.16. The van der Waals surface area contributed by atoms with Crippen molar-refractivity contribution in [2.75, 3.05) is 0 Å². The summed E-state index contributed by atoms with van der Waals surface area (Å²) in [5, 5.41) is 4.59. The zero-order valence-corrected chi connectivity index (χ0v) is 13.0. The lowest BCUT2D eigenvalue weighted by atomic mass is 10.1. The fraction of sp³-hybridized carbons (Fsp3) is 0.0625. The Labute approximate surface area is 136 Å². The van der Waals surface area contributed by atoms with Gasteiger partial charge in [-0.2, -0.15) is 0 Å². The Bertz CT molecular complexity index is 790. The summed E-state index contributed by atoms with van der Waals surface area (Å²) in [4.78, 5) is 12.6. The molecule has 110 valence electrons. The fourth-order valence-electron chi connectivity index (χ4n) is 1.93. The lowest BCUT2D eigenvalue weighted by Crippen LogP contribution is -2.05. The molecule has 2 aromatic carbocycles. The quantitative estimate of drug-likeness (QED) is 0.672. The molecule has 3 aromatic rings. The Kier molecular flexibility index (Phi) is 4.46. The second-order valence-corrected chi connectivity index (χ2v) is 5.65. The molecule has 0 aliphatic carbocycles. The third-order valence-electron chi connectivity index (χ3n) is 3.04. The number of esters is 1. The highest BCUT2D eigenvalue weighted by Crippen LogP contribution is 2.25. The van der Waals surface area contributed by atoms with Gasteiger partial charge in [0, 0.05) is 16.1 Å². The molecule has 0 radical (unpaired) electrons. The summed E-state index contributed by atoms with van der Waals surface area (Å²) in [6.45, 7) is 0.116. The van der Waals surface area contributed by atoms with Crippen LogP contribution in [0.2, 0.25) is 5.02 Å². The molecule has 1 aromatic heterocycles. The van der Waals surface area contributed by atoms with Crippen LogP contribution in [0.3, 0.4) is 0 Å². The van der Waals surface area contributed by atoms with E-state index >= 15 is 0 Å². The number of nitrogens with zero attached hydrogens (tertiary/aromatic N) is 2. The van der Waals surface area contributed by atoms with Gasteiger partial charge < -0.3 is 4.74 Å². The number of benzene rings is 2. The first-order chi connectivity index (χ1) is 10.8. The summed E-state index contributed by atoms with van der Waals surface area (Å²) in [6.07, 6.45) is 0. The van der Waals surface area contributed by atoms with Gasteiger partial charge in [0.05, 0.1) is 0 Å². The molecule has 0 fully saturated rings. The first kappa shape index (κ1) is 14.7. The maximum atomic E-state index is 12.2. The number of carbonyl (C=O) groups is 1. The van der Waals surface area contributed by atoms with Gasteiger partial charge in [-0.1, -0.05) is 64.6 Å². The van der Waals surface area contributed by atoms with Crippen molar-refractivity contribution >= 4 is 29.1 Å². The Hall–Kier alpha value is -2.24. The molecular weight excluding hydrogens is 320 g/mol. The van der Waals surface area contributed by atoms with Gasteiger partial charge >= 0.3 is 5.97 Å². The molecule has 0 N–H and O–H groups in total. The first-order valence-electron chi connectivity index (χ1n) is 6.54. The molecule has 0 amide bonds. The third-order valence-corrected chi connectivity index (χ3v) is 4.11. The van der Waals surface area contributed by atoms with Gasteiger partial charge in [0.1, 0.15) is 12.3 Å². The zero-order valence-electron chi connectivity index (χ0n) is 11.4. The average molecular weight is 331 g/mol. The van der Waals surface area contributed by atoms with Crippen molar-refractivity contribution in [2.45, 2.75) is 6.61 Å². The van der Waals surface area contributed by atoms with Gasteiger partial charge in [0.25, 0.3) is 0 Å². The summed E-state index contributed by atoms with van der Waals surface area (Å²) in [5.74, 6) is -0.450. The van der Waals surface area contributed by atoms with E-state index in [4.69, 9.17) is 16.3 Å². The number of rotatable bonds is 4. The van der Waals surface area contributed by atoms with E-state index in [1.807, 2.05) is 48.5 Å². The number of carbonyl (C=O) groups excluding carboxylic acids is 1. The van der Waals surface area contributed by atoms with Crippen LogP contribution < -0.4 is 0 Å². The van der Waals surface area contributed by atoms with Crippen LogP contribution in [-0.2, 0) is 11.3 Å². The molecule has 0 saturated heterocycles. The van der Waals surface area contributed by atoms with Crippen LogP contribution >= 0.6 is 23.1 Å². The van der Waals surface area contributed by atoms with Crippen LogP contribution in [0.4, 0.5) is 0 Å². The van der Waals surface area contributed by atoms with Gasteiger partial charge in [-0.25, -0.2) is 4.79 Å². The van der Waals surface area contributed by atoms with Crippen molar-refractivity contribution < 1.29 is 9.53 Å². The number of ether oxygens (including phenoxy) is 1. The Morgan fingerprint density at radius 1 is 1.09 bits per heavy atom. The molecular formula is C16H11ClN2O2S. The van der Waals surface area contributed by atoms with Crippen LogP contribution in [0.1, 0.15) is 15.2 Å². The molecule has 1 heterocycles. The predicted molar refractivity (Wildman–Crippen MR) is 85.9 cm³/mol. The van der Waals surface area contributed by atoms with E-state index in [1.165, 1.54) is 0 Å². The Balaban J connectivity index is 1.77. The molecule has 6 heteroatoms. The van der Waals surface area contributed by atoms with Crippen LogP contribution in [0.25, 0.3) is 11.3 Å². The highest BCUT2D eigenvalue weighted by Gasteiger charge is 2.19. The van der Waals surface area contributed by atoms with Crippen molar-refractivity contribution in [3.8, 4) is 11.3 Å². The lowest BCUT2D eigenvalue weighted by Gasteiger charge is -2.06. The molecule has 0 unspecified atom stereocenters. The summed E-state index contributed by atoms with van der Waals surface area (Å²) in [7, 11) is 0. The second-order valence-electron chi connectivity index (χ2n) is 4.48. The second kappa shape index (κ2) is 6.68. The van der Waals surface area contributed by atoms with Crippen LogP contribution in [0.15, 0.2) is 54.6 Å². The van der Waals surface area contributed by atoms with Gasteiger partial charge in [0.2, 0.25) is 0 Å². The predicted octanol–water partition coefficient (Wildman–Crippen LogP) is 4.22. The minimum absolute atomic E-state index is 0.116. The first-order valence-corrected chi connectivity index (χ1v) is 7.69. The van der Waals surface area contributed by atoms with Crippen molar-refractivity contribution in [1.29, 1.82) is 0 Å². The molecule has 0 spiro atoms. The van der Waals surface area contributed by atoms with E-state index in [0.717, 1.165) is 22.7 Å². The average Bonchev–Trinajstić information content (AvgIpc) is 3.04. The van der Waals surface area contributed by atoms with Gasteiger partial charge in [-0.15, -0.1) is 5.10 Å². The lowest BCUT2D eigenvalue weighted by molar-refractivity contribution is 0.0479. The zero-order chi connectivity index (χ0) is 15.4. The van der Waals surface area contributed by atoms with Crippen molar-refractivity contribution in [3.05, 3.63) is 70.1 Å². The van der Waals surface area contributed by atoms with Gasteiger partial charge in [0.15, 0.2) is 4.88 Å². The van der Waals surface area contributed by atoms with Gasteiger partial charge in [-0.3, -0.25) is 0 Å². The summed E-state index contributed by atoms with van der Waals surface area (Å²) in [5.41, 5.74) is 2.13. The summed E-state index contributed by atoms with van der Waals surface area (Å²) >= 11 is 7.07. The highest BCUT2D eigenvalue weighted by molar-refractivity contribution is 7.08. The maximum Gasteiger partial charge on any atom is 0.352 e. The molecule has 0 aliphatic rings. The summed E-state index contributed by atoms with van der Waals surface area (Å²) < 4.78 is 9.18. The monoisotopic (exact) mass is 330 g/mol. The number of hydrogen-bond acceptors (Lipinski definition) is 5. The standard InChI is InChI=1S/C16H11ClN2O2S/c17-13-9-5-4-8-12(13)10-21-16(20)15-14(18-19-22-15)11-6-2-1-3-7-11/h1-9H,10H2. The summed E-state index contributed by atoms with van der Waals surface area (Å²) in [6, 6.07) is 16.7. The molecule has 22 heavy (non-hydrogen) atoms. The minimum Gasteiger partial charge on any atom is -0.456 e. The van der Waals surface area contributed by atoms with E-state index in [9.17, 15) is 4.79 Å². The maximum absolute atomic E-state index is 12.2. The number of aromatic nitrogens is 2. The van der Waals surface area contributed by atoms with Gasteiger partial charge in [-0.05, 0) is 17.6 Å². The molecule has 0 saturated carbocycles. The normalized spacial score (nSPS) is 10.4. The highest BCUT2D eigenvalue weighted by atomic mass is 35.5. The number of halogens is 1. The van der Waals surface area contributed by atoms with E-state index in [2.05, 4.69) is 9.59 Å². The van der Waals surface area contributed by atoms with Crippen LogP contribution in [0, 0.1) is 0 Å². The fourth-order valence-corrected chi connectivity index (χ4v) is 2.71. The van der Waals surface area contributed by atoms with Crippen LogP contribution in [0.5, 0.6) is 0 Å². The number of hydrogen-bond donors (Lipinski definition) is 0. The van der Waals surface area contributed by atoms with Crippen molar-refractivity contribution in [1.82, 2.24) is 9.59 Å². The van der Waals surface area contributed by atoms with E-state index in [0.29, 0.717) is 15.6 Å². The van der Waals surface area contributed by atoms with E-state index in [-0.39, 0.29) is 6.61 Å². The topological polar surface area (TPSA) is 52.1 Å². The molecule has 0 aliphatic heterocycles. The minimum atomic E-state index is -0.450. The largest absolute Gasteiger partial charge is 0.456 e. The molecule has 4 nitrogen and oxygen atoms in total. The Morgan fingerprint density at radius 2 is 1.82 bits per heavy atom. The molecule has 3 rings (SSSR count). The Morgan fingerprint density at radius 3 is 2.59 bits per heavy atom. The molecule has 0 bridgehead atoms. The van der Waals surface area contributed by atoms with Crippen molar-refractivity contribution in [3.63, 3.8) is 0 Å². The smallest absolute Gasteiger partial charge is 0.352 e. The van der Waals surface area contributed by atoms with E-state index in [1.54, 1.807) is 6.07 Å².